The molecule has 0 aliphatic heterocycles. The highest BCUT2D eigenvalue weighted by Gasteiger charge is 2.48. The normalized spacial score (nSPS) is 17.8. The maximum absolute atomic E-state index is 11.6. The highest BCUT2D eigenvalue weighted by molar-refractivity contribution is 5.85. The van der Waals surface area contributed by atoms with Gasteiger partial charge in [-0.2, -0.15) is 5.21 Å². The van der Waals surface area contributed by atoms with Gasteiger partial charge in [0.2, 0.25) is 5.91 Å². The molecule has 1 aromatic heterocycles. The number of aromatic amines is 1. The van der Waals surface area contributed by atoms with E-state index in [1.807, 2.05) is 0 Å². The van der Waals surface area contributed by atoms with Crippen LogP contribution in [0.3, 0.4) is 0 Å². The van der Waals surface area contributed by atoms with Crippen molar-refractivity contribution >= 4 is 5.91 Å². The molecule has 1 saturated carbocycles. The minimum Gasteiger partial charge on any atom is -0.348 e. The summed E-state index contributed by atoms with van der Waals surface area (Å²) in [6, 6.07) is 0. The molecule has 0 radical (unpaired) electrons. The third-order valence-corrected chi connectivity index (χ3v) is 2.52. The number of carbonyl (C=O) groups excluding carboxylic acids is 1. The zero-order valence-electron chi connectivity index (χ0n) is 7.66. The second kappa shape index (κ2) is 3.33. The van der Waals surface area contributed by atoms with Crippen LogP contribution >= 0.6 is 0 Å². The van der Waals surface area contributed by atoms with Crippen LogP contribution in [0.25, 0.3) is 0 Å². The van der Waals surface area contributed by atoms with Gasteiger partial charge >= 0.3 is 0 Å². The third kappa shape index (κ3) is 1.58. The summed E-state index contributed by atoms with van der Waals surface area (Å²) in [5, 5.41) is 15.9. The first-order valence-corrected chi connectivity index (χ1v) is 4.47. The van der Waals surface area contributed by atoms with Crippen LogP contribution in [-0.4, -0.2) is 33.1 Å². The number of nitrogens with one attached hydrogen (secondary N) is 2. The van der Waals surface area contributed by atoms with Crippen LogP contribution in [0.1, 0.15) is 18.7 Å². The van der Waals surface area contributed by atoms with Crippen LogP contribution < -0.4 is 11.1 Å². The molecule has 0 aromatic carbocycles. The molecule has 0 saturated heterocycles. The average Bonchev–Trinajstić information content (AvgIpc) is 2.84. The van der Waals surface area contributed by atoms with Gasteiger partial charge in [0.15, 0.2) is 5.82 Å². The number of nitrogens with two attached hydrogens (primary N) is 1. The van der Waals surface area contributed by atoms with Crippen LogP contribution in [-0.2, 0) is 11.3 Å². The fourth-order valence-corrected chi connectivity index (χ4v) is 1.28. The molecule has 1 aliphatic carbocycles. The van der Waals surface area contributed by atoms with E-state index >= 15 is 0 Å². The molecule has 1 heterocycles. The van der Waals surface area contributed by atoms with E-state index < -0.39 is 0 Å². The average molecular weight is 196 g/mol. The van der Waals surface area contributed by atoms with Gasteiger partial charge in [-0.05, 0) is 12.8 Å². The van der Waals surface area contributed by atoms with Crippen LogP contribution in [0, 0.1) is 5.41 Å². The summed E-state index contributed by atoms with van der Waals surface area (Å²) in [5.41, 5.74) is 5.19. The number of carbonyl (C=O) groups is 1. The molecule has 0 atom stereocenters. The summed E-state index contributed by atoms with van der Waals surface area (Å²) in [4.78, 5) is 11.6. The fourth-order valence-electron chi connectivity index (χ4n) is 1.28. The van der Waals surface area contributed by atoms with E-state index in [0.717, 1.165) is 12.8 Å². The first-order chi connectivity index (χ1) is 6.77. The molecule has 7 heteroatoms. The van der Waals surface area contributed by atoms with E-state index in [4.69, 9.17) is 5.73 Å². The summed E-state index contributed by atoms with van der Waals surface area (Å²) in [6.07, 6.45) is 1.75. The number of H-pyrrole nitrogens is 1. The van der Waals surface area contributed by atoms with E-state index in [1.54, 1.807) is 0 Å². The zero-order chi connectivity index (χ0) is 10.0. The Morgan fingerprint density at radius 1 is 1.64 bits per heavy atom. The second-order valence-corrected chi connectivity index (χ2v) is 3.50. The Morgan fingerprint density at radius 2 is 2.43 bits per heavy atom. The molecule has 14 heavy (non-hydrogen) atoms. The largest absolute Gasteiger partial charge is 0.348 e. The summed E-state index contributed by atoms with van der Waals surface area (Å²) < 4.78 is 0. The van der Waals surface area contributed by atoms with Crippen molar-refractivity contribution in [2.45, 2.75) is 19.4 Å². The fraction of sp³-hybridized carbons (Fsp3) is 0.714. The van der Waals surface area contributed by atoms with Crippen molar-refractivity contribution in [1.29, 1.82) is 0 Å². The lowest BCUT2D eigenvalue weighted by molar-refractivity contribution is -0.126. The Balaban J connectivity index is 1.84. The van der Waals surface area contributed by atoms with Gasteiger partial charge in [0.25, 0.3) is 0 Å². The number of hydrogen-bond acceptors (Lipinski definition) is 5. The van der Waals surface area contributed by atoms with Crippen molar-refractivity contribution in [3.05, 3.63) is 5.82 Å². The molecular weight excluding hydrogens is 184 g/mol. The Hall–Kier alpha value is -1.50. The molecule has 0 spiro atoms. The molecule has 0 bridgehead atoms. The molecule has 1 aliphatic rings. The number of tetrazole rings is 1. The van der Waals surface area contributed by atoms with Crippen molar-refractivity contribution in [3.8, 4) is 0 Å². The predicted octanol–water partition coefficient (Wildman–Crippen LogP) is -1.45. The van der Waals surface area contributed by atoms with E-state index in [0.29, 0.717) is 18.9 Å². The smallest absolute Gasteiger partial charge is 0.227 e. The van der Waals surface area contributed by atoms with Gasteiger partial charge < -0.3 is 11.1 Å². The summed E-state index contributed by atoms with van der Waals surface area (Å²) in [5.74, 6) is 0.468. The number of amides is 1. The summed E-state index contributed by atoms with van der Waals surface area (Å²) in [6.45, 7) is 0.710. The number of rotatable bonds is 4. The van der Waals surface area contributed by atoms with E-state index in [-0.39, 0.29) is 11.3 Å². The van der Waals surface area contributed by atoms with Crippen LogP contribution in [0.5, 0.6) is 0 Å². The molecule has 4 N–H and O–H groups in total. The van der Waals surface area contributed by atoms with Crippen molar-refractivity contribution in [1.82, 2.24) is 25.9 Å². The van der Waals surface area contributed by atoms with Gasteiger partial charge in [0, 0.05) is 6.54 Å². The maximum atomic E-state index is 11.6. The molecule has 7 nitrogen and oxygen atoms in total. The lowest BCUT2D eigenvalue weighted by atomic mass is 10.1. The summed E-state index contributed by atoms with van der Waals surface area (Å²) in [7, 11) is 0. The quantitative estimate of drug-likeness (QED) is 0.546. The van der Waals surface area contributed by atoms with Gasteiger partial charge in [-0.25, -0.2) is 0 Å². The lowest BCUT2D eigenvalue weighted by Crippen LogP contribution is -2.36. The monoisotopic (exact) mass is 196 g/mol. The van der Waals surface area contributed by atoms with E-state index in [9.17, 15) is 4.79 Å². The molecule has 1 aromatic rings. The maximum Gasteiger partial charge on any atom is 0.227 e. The molecule has 2 rings (SSSR count). The van der Waals surface area contributed by atoms with Crippen molar-refractivity contribution in [2.24, 2.45) is 11.1 Å². The summed E-state index contributed by atoms with van der Waals surface area (Å²) >= 11 is 0. The minimum absolute atomic E-state index is 0.00944. The second-order valence-electron chi connectivity index (χ2n) is 3.50. The SMILES string of the molecule is NCC1(C(=O)NCc2nn[nH]n2)CC1. The minimum atomic E-state index is -0.316. The molecule has 1 fully saturated rings. The van der Waals surface area contributed by atoms with Crippen LogP contribution in [0.2, 0.25) is 0 Å². The number of aromatic nitrogens is 4. The van der Waals surface area contributed by atoms with Gasteiger partial charge in [-0.15, -0.1) is 10.2 Å². The van der Waals surface area contributed by atoms with Gasteiger partial charge in [-0.3, -0.25) is 4.79 Å². The van der Waals surface area contributed by atoms with Crippen LogP contribution in [0.4, 0.5) is 0 Å². The highest BCUT2D eigenvalue weighted by atomic mass is 16.2. The lowest BCUT2D eigenvalue weighted by Gasteiger charge is -2.10. The van der Waals surface area contributed by atoms with Crippen molar-refractivity contribution in [3.63, 3.8) is 0 Å². The standard InChI is InChI=1S/C7H12N6O/c8-4-7(1-2-7)6(14)9-3-5-10-12-13-11-5/h1-4,8H2,(H,9,14)(H,10,11,12,13). The first-order valence-electron chi connectivity index (χ1n) is 4.47. The zero-order valence-corrected chi connectivity index (χ0v) is 7.66. The van der Waals surface area contributed by atoms with Crippen molar-refractivity contribution in [2.75, 3.05) is 6.54 Å². The third-order valence-electron chi connectivity index (χ3n) is 2.52. The topological polar surface area (TPSA) is 110 Å². The molecule has 76 valence electrons. The van der Waals surface area contributed by atoms with Crippen LogP contribution in [0.15, 0.2) is 0 Å². The Bertz CT molecular complexity index is 317. The molecule has 0 unspecified atom stereocenters. The number of nitrogens with zero attached hydrogens (tertiary/aromatic N) is 3. The first kappa shape index (κ1) is 9.07. The van der Waals surface area contributed by atoms with Gasteiger partial charge in [-0.1, -0.05) is 5.21 Å². The van der Waals surface area contributed by atoms with Gasteiger partial charge in [0.05, 0.1) is 12.0 Å². The molecule has 1 amide bonds. The van der Waals surface area contributed by atoms with E-state index in [2.05, 4.69) is 25.9 Å². The van der Waals surface area contributed by atoms with Crippen molar-refractivity contribution < 1.29 is 4.79 Å². The predicted molar refractivity (Wildman–Crippen MR) is 46.7 cm³/mol. The van der Waals surface area contributed by atoms with Gasteiger partial charge in [0.1, 0.15) is 0 Å². The number of hydrogen-bond donors (Lipinski definition) is 3. The molecular formula is C7H12N6O. The Morgan fingerprint density at radius 3 is 2.93 bits per heavy atom. The van der Waals surface area contributed by atoms with E-state index in [1.165, 1.54) is 0 Å². The Kier molecular flexibility index (Phi) is 2.16. The Labute approximate surface area is 80.4 Å². The highest BCUT2D eigenvalue weighted by Crippen LogP contribution is 2.44.